The van der Waals surface area contributed by atoms with Gasteiger partial charge in [-0.2, -0.15) is 10.2 Å². The third-order valence-corrected chi connectivity index (χ3v) is 5.11. The summed E-state index contributed by atoms with van der Waals surface area (Å²) in [6.45, 7) is 2.72. The van der Waals surface area contributed by atoms with Crippen molar-refractivity contribution in [1.29, 1.82) is 0 Å². The first-order chi connectivity index (χ1) is 13.2. The first-order valence-corrected chi connectivity index (χ1v) is 9.31. The van der Waals surface area contributed by atoms with Crippen LogP contribution >= 0.6 is 0 Å². The molecule has 1 aliphatic heterocycles. The Morgan fingerprint density at radius 3 is 2.67 bits per heavy atom. The van der Waals surface area contributed by atoms with Crippen LogP contribution in [0.1, 0.15) is 36.8 Å². The van der Waals surface area contributed by atoms with Gasteiger partial charge in [0.15, 0.2) is 5.82 Å². The number of likely N-dealkylation sites (tertiary alicyclic amines) is 1. The van der Waals surface area contributed by atoms with E-state index in [1.807, 2.05) is 45.7 Å². The smallest absolute Gasteiger partial charge is 0.224 e. The van der Waals surface area contributed by atoms with Crippen molar-refractivity contribution in [2.75, 3.05) is 13.1 Å². The fourth-order valence-corrected chi connectivity index (χ4v) is 3.62. The molecule has 1 saturated heterocycles. The first kappa shape index (κ1) is 17.4. The molecule has 3 aromatic rings. The number of carbonyl (C=O) groups is 1. The second-order valence-corrected chi connectivity index (χ2v) is 6.94. The number of nitrogens with zero attached hydrogens (tertiary/aromatic N) is 8. The molecule has 4 heterocycles. The summed E-state index contributed by atoms with van der Waals surface area (Å²) >= 11 is 0. The van der Waals surface area contributed by atoms with Gasteiger partial charge in [0.2, 0.25) is 5.91 Å². The molecule has 1 fully saturated rings. The molecule has 9 nitrogen and oxygen atoms in total. The number of hydrogen-bond donors (Lipinski definition) is 0. The van der Waals surface area contributed by atoms with Crippen LogP contribution in [-0.2, 0) is 24.9 Å². The Kier molecular flexibility index (Phi) is 4.99. The largest absolute Gasteiger partial charge is 0.342 e. The molecule has 27 heavy (non-hydrogen) atoms. The number of carbonyl (C=O) groups excluding carboxylic acids is 1. The SMILES string of the molecule is Cn1c(Cn2cccn2)nnc1C1CCCN(C(=O)CCn2cccn2)C1. The van der Waals surface area contributed by atoms with Gasteiger partial charge in [-0.3, -0.25) is 14.2 Å². The van der Waals surface area contributed by atoms with Crippen LogP contribution in [0.15, 0.2) is 36.9 Å². The molecule has 1 atom stereocenters. The van der Waals surface area contributed by atoms with E-state index in [4.69, 9.17) is 0 Å². The van der Waals surface area contributed by atoms with Crippen LogP contribution in [-0.4, -0.2) is 58.2 Å². The zero-order valence-electron chi connectivity index (χ0n) is 15.5. The number of piperidine rings is 1. The monoisotopic (exact) mass is 368 g/mol. The van der Waals surface area contributed by atoms with Gasteiger partial charge >= 0.3 is 0 Å². The zero-order valence-corrected chi connectivity index (χ0v) is 15.5. The Hall–Kier alpha value is -2.97. The van der Waals surface area contributed by atoms with Crippen LogP contribution in [0.25, 0.3) is 0 Å². The van der Waals surface area contributed by atoms with Crippen molar-refractivity contribution in [3.8, 4) is 0 Å². The van der Waals surface area contributed by atoms with Crippen LogP contribution < -0.4 is 0 Å². The predicted octanol–water partition coefficient (Wildman–Crippen LogP) is 1.05. The van der Waals surface area contributed by atoms with Gasteiger partial charge in [-0.25, -0.2) is 0 Å². The highest BCUT2D eigenvalue weighted by Crippen LogP contribution is 2.26. The lowest BCUT2D eigenvalue weighted by atomic mass is 9.97. The van der Waals surface area contributed by atoms with Crippen molar-refractivity contribution in [2.24, 2.45) is 7.05 Å². The molecule has 0 N–H and O–H groups in total. The summed E-state index contributed by atoms with van der Waals surface area (Å²) < 4.78 is 5.67. The molecule has 0 aliphatic carbocycles. The molecule has 0 radical (unpaired) electrons. The number of aromatic nitrogens is 7. The quantitative estimate of drug-likeness (QED) is 0.649. The van der Waals surface area contributed by atoms with Crippen LogP contribution in [0, 0.1) is 0 Å². The lowest BCUT2D eigenvalue weighted by molar-refractivity contribution is -0.132. The van der Waals surface area contributed by atoms with E-state index in [0.29, 0.717) is 26.1 Å². The molecule has 0 spiro atoms. The normalized spacial score (nSPS) is 17.4. The van der Waals surface area contributed by atoms with Crippen molar-refractivity contribution in [1.82, 2.24) is 39.2 Å². The molecule has 1 aliphatic rings. The maximum absolute atomic E-state index is 12.6. The topological polar surface area (TPSA) is 86.7 Å². The van der Waals surface area contributed by atoms with E-state index in [1.54, 1.807) is 17.1 Å². The van der Waals surface area contributed by atoms with Gasteiger partial charge in [0.25, 0.3) is 0 Å². The first-order valence-electron chi connectivity index (χ1n) is 9.31. The standard InChI is InChI=1S/C18H24N8O/c1-23-16(14-26-11-4-8-20-26)21-22-18(23)15-5-2-9-24(13-15)17(27)6-12-25-10-3-7-19-25/h3-4,7-8,10-11,15H,2,5-6,9,12-14H2,1H3. The van der Waals surface area contributed by atoms with Crippen molar-refractivity contribution in [3.63, 3.8) is 0 Å². The summed E-state index contributed by atoms with van der Waals surface area (Å²) in [6, 6.07) is 3.77. The minimum atomic E-state index is 0.175. The Bertz CT molecular complexity index is 867. The molecule has 0 aromatic carbocycles. The van der Waals surface area contributed by atoms with Gasteiger partial charge in [0.1, 0.15) is 12.4 Å². The maximum Gasteiger partial charge on any atom is 0.224 e. The predicted molar refractivity (Wildman–Crippen MR) is 97.7 cm³/mol. The zero-order chi connectivity index (χ0) is 18.6. The van der Waals surface area contributed by atoms with E-state index < -0.39 is 0 Å². The van der Waals surface area contributed by atoms with Gasteiger partial charge in [-0.1, -0.05) is 0 Å². The summed E-state index contributed by atoms with van der Waals surface area (Å²) in [5.74, 6) is 2.21. The Balaban J connectivity index is 1.39. The summed E-state index contributed by atoms with van der Waals surface area (Å²) in [5, 5.41) is 17.1. The molecular weight excluding hydrogens is 344 g/mol. The van der Waals surface area contributed by atoms with Crippen LogP contribution in [0.4, 0.5) is 0 Å². The lowest BCUT2D eigenvalue weighted by Gasteiger charge is -2.32. The molecular formula is C18H24N8O. The fraction of sp³-hybridized carbons (Fsp3) is 0.500. The number of hydrogen-bond acceptors (Lipinski definition) is 5. The second kappa shape index (κ2) is 7.73. The minimum absolute atomic E-state index is 0.175. The van der Waals surface area contributed by atoms with E-state index in [-0.39, 0.29) is 11.8 Å². The Labute approximate surface area is 157 Å². The van der Waals surface area contributed by atoms with Crippen LogP contribution in [0.3, 0.4) is 0 Å². The fourth-order valence-electron chi connectivity index (χ4n) is 3.62. The summed E-state index contributed by atoms with van der Waals surface area (Å²) in [4.78, 5) is 14.6. The van der Waals surface area contributed by atoms with Crippen molar-refractivity contribution < 1.29 is 4.79 Å². The molecule has 1 unspecified atom stereocenters. The number of aryl methyl sites for hydroxylation is 1. The third-order valence-electron chi connectivity index (χ3n) is 5.11. The second-order valence-electron chi connectivity index (χ2n) is 6.94. The van der Waals surface area contributed by atoms with Gasteiger partial charge in [-0.05, 0) is 25.0 Å². The number of amides is 1. The molecule has 142 valence electrons. The maximum atomic E-state index is 12.6. The van der Waals surface area contributed by atoms with Crippen molar-refractivity contribution >= 4 is 5.91 Å². The van der Waals surface area contributed by atoms with E-state index in [0.717, 1.165) is 31.0 Å². The Morgan fingerprint density at radius 1 is 1.15 bits per heavy atom. The highest BCUT2D eigenvalue weighted by Gasteiger charge is 2.28. The van der Waals surface area contributed by atoms with E-state index >= 15 is 0 Å². The summed E-state index contributed by atoms with van der Waals surface area (Å²) in [5.41, 5.74) is 0. The average molecular weight is 368 g/mol. The minimum Gasteiger partial charge on any atom is -0.342 e. The van der Waals surface area contributed by atoms with Gasteiger partial charge < -0.3 is 9.47 Å². The highest BCUT2D eigenvalue weighted by molar-refractivity contribution is 5.76. The molecule has 1 amide bonds. The average Bonchev–Trinajstić information content (AvgIpc) is 3.44. The van der Waals surface area contributed by atoms with Crippen molar-refractivity contribution in [2.45, 2.75) is 38.3 Å². The molecule has 0 saturated carbocycles. The molecule has 3 aromatic heterocycles. The molecule has 9 heteroatoms. The lowest BCUT2D eigenvalue weighted by Crippen LogP contribution is -2.40. The number of rotatable bonds is 6. The van der Waals surface area contributed by atoms with Gasteiger partial charge in [-0.15, -0.1) is 10.2 Å². The van der Waals surface area contributed by atoms with E-state index in [2.05, 4.69) is 20.4 Å². The molecule has 0 bridgehead atoms. The highest BCUT2D eigenvalue weighted by atomic mass is 16.2. The van der Waals surface area contributed by atoms with Gasteiger partial charge in [0, 0.05) is 63.8 Å². The van der Waals surface area contributed by atoms with Gasteiger partial charge in [0.05, 0.1) is 0 Å². The molecule has 4 rings (SSSR count). The van der Waals surface area contributed by atoms with Crippen LogP contribution in [0.2, 0.25) is 0 Å². The summed E-state index contributed by atoms with van der Waals surface area (Å²) in [6.07, 6.45) is 9.76. The third kappa shape index (κ3) is 3.91. The van der Waals surface area contributed by atoms with E-state index in [9.17, 15) is 4.79 Å². The Morgan fingerprint density at radius 2 is 1.93 bits per heavy atom. The summed E-state index contributed by atoms with van der Waals surface area (Å²) in [7, 11) is 1.99. The van der Waals surface area contributed by atoms with Crippen LogP contribution in [0.5, 0.6) is 0 Å². The van der Waals surface area contributed by atoms with Crippen molar-refractivity contribution in [3.05, 3.63) is 48.6 Å². The van der Waals surface area contributed by atoms with E-state index in [1.165, 1.54) is 0 Å².